The molecule has 3 rings (SSSR count). The molecule has 0 bridgehead atoms. The smallest absolute Gasteiger partial charge is 0.141 e. The SMILES string of the molecule is OC(CCN(Cc1cccs1)C1CC1)c1ccc(F)cn1. The van der Waals surface area contributed by atoms with Crippen molar-refractivity contribution in [3.63, 3.8) is 0 Å². The van der Waals surface area contributed by atoms with E-state index in [4.69, 9.17) is 0 Å². The fraction of sp³-hybridized carbons (Fsp3) is 0.438. The Labute approximate surface area is 128 Å². The van der Waals surface area contributed by atoms with Gasteiger partial charge >= 0.3 is 0 Å². The number of aliphatic hydroxyl groups excluding tert-OH is 1. The largest absolute Gasteiger partial charge is 0.387 e. The molecule has 2 aromatic heterocycles. The number of aromatic nitrogens is 1. The lowest BCUT2D eigenvalue weighted by atomic mass is 10.1. The van der Waals surface area contributed by atoms with Gasteiger partial charge < -0.3 is 5.11 Å². The van der Waals surface area contributed by atoms with Gasteiger partial charge in [-0.25, -0.2) is 4.39 Å². The topological polar surface area (TPSA) is 36.4 Å². The molecule has 1 N–H and O–H groups in total. The van der Waals surface area contributed by atoms with Crippen molar-refractivity contribution in [3.05, 3.63) is 52.2 Å². The van der Waals surface area contributed by atoms with E-state index in [1.54, 1.807) is 17.4 Å². The normalized spacial score (nSPS) is 16.3. The number of hydrogen-bond donors (Lipinski definition) is 1. The van der Waals surface area contributed by atoms with E-state index in [2.05, 4.69) is 27.4 Å². The first-order valence-corrected chi connectivity index (χ1v) is 8.16. The maximum absolute atomic E-state index is 12.8. The van der Waals surface area contributed by atoms with Crippen LogP contribution in [-0.4, -0.2) is 27.6 Å². The van der Waals surface area contributed by atoms with Crippen LogP contribution in [0.25, 0.3) is 0 Å². The molecule has 1 unspecified atom stereocenters. The van der Waals surface area contributed by atoms with E-state index in [1.807, 2.05) is 0 Å². The van der Waals surface area contributed by atoms with Gasteiger partial charge in [0.1, 0.15) is 5.82 Å². The molecule has 1 saturated carbocycles. The molecule has 0 aromatic carbocycles. The van der Waals surface area contributed by atoms with Crippen LogP contribution in [0.3, 0.4) is 0 Å². The predicted octanol–water partition coefficient (Wildman–Crippen LogP) is 3.37. The standard InChI is InChI=1S/C16H19FN2OS/c17-12-3-6-15(18-10-12)16(20)7-8-19(13-4-5-13)11-14-2-1-9-21-14/h1-3,6,9-10,13,16,20H,4-5,7-8,11H2. The van der Waals surface area contributed by atoms with E-state index in [-0.39, 0.29) is 5.82 Å². The maximum Gasteiger partial charge on any atom is 0.141 e. The van der Waals surface area contributed by atoms with Crippen molar-refractivity contribution >= 4 is 11.3 Å². The first-order valence-electron chi connectivity index (χ1n) is 7.28. The van der Waals surface area contributed by atoms with Gasteiger partial charge in [-0.1, -0.05) is 6.07 Å². The van der Waals surface area contributed by atoms with Crippen LogP contribution in [0, 0.1) is 5.82 Å². The minimum absolute atomic E-state index is 0.372. The van der Waals surface area contributed by atoms with Gasteiger partial charge in [0, 0.05) is 24.0 Å². The van der Waals surface area contributed by atoms with Gasteiger partial charge in [-0.3, -0.25) is 9.88 Å². The van der Waals surface area contributed by atoms with Crippen molar-refractivity contribution in [2.75, 3.05) is 6.54 Å². The van der Waals surface area contributed by atoms with Crippen molar-refractivity contribution in [2.24, 2.45) is 0 Å². The number of thiophene rings is 1. The third-order valence-electron chi connectivity index (χ3n) is 3.78. The summed E-state index contributed by atoms with van der Waals surface area (Å²) < 4.78 is 12.8. The molecule has 1 fully saturated rings. The second kappa shape index (κ2) is 6.64. The molecule has 0 spiro atoms. The number of rotatable bonds is 7. The highest BCUT2D eigenvalue weighted by Gasteiger charge is 2.29. The number of nitrogens with zero attached hydrogens (tertiary/aromatic N) is 2. The van der Waals surface area contributed by atoms with E-state index >= 15 is 0 Å². The first kappa shape index (κ1) is 14.6. The van der Waals surface area contributed by atoms with Crippen molar-refractivity contribution in [2.45, 2.75) is 38.0 Å². The third kappa shape index (κ3) is 4.09. The summed E-state index contributed by atoms with van der Waals surface area (Å²) in [5.74, 6) is -0.372. The van der Waals surface area contributed by atoms with Crippen LogP contribution >= 0.6 is 11.3 Å². The summed E-state index contributed by atoms with van der Waals surface area (Å²) in [5.41, 5.74) is 0.545. The molecule has 112 valence electrons. The van der Waals surface area contributed by atoms with Gasteiger partial charge in [-0.05, 0) is 42.8 Å². The van der Waals surface area contributed by atoms with Crippen LogP contribution in [0.5, 0.6) is 0 Å². The zero-order valence-corrected chi connectivity index (χ0v) is 12.6. The highest BCUT2D eigenvalue weighted by atomic mass is 32.1. The van der Waals surface area contributed by atoms with Crippen LogP contribution < -0.4 is 0 Å². The lowest BCUT2D eigenvalue weighted by Crippen LogP contribution is -2.27. The summed E-state index contributed by atoms with van der Waals surface area (Å²) in [6.45, 7) is 1.79. The van der Waals surface area contributed by atoms with Crippen molar-refractivity contribution in [1.82, 2.24) is 9.88 Å². The monoisotopic (exact) mass is 306 g/mol. The predicted molar refractivity (Wildman–Crippen MR) is 81.5 cm³/mol. The van der Waals surface area contributed by atoms with Crippen LogP contribution in [0.1, 0.15) is 35.9 Å². The molecule has 0 aliphatic heterocycles. The lowest BCUT2D eigenvalue weighted by Gasteiger charge is -2.22. The Morgan fingerprint density at radius 1 is 1.38 bits per heavy atom. The van der Waals surface area contributed by atoms with Crippen LogP contribution in [0.2, 0.25) is 0 Å². The molecule has 2 aromatic rings. The Kier molecular flexibility index (Phi) is 4.63. The molecular weight excluding hydrogens is 287 g/mol. The Balaban J connectivity index is 1.55. The molecule has 5 heteroatoms. The molecule has 1 aliphatic rings. The number of halogens is 1. The average molecular weight is 306 g/mol. The highest BCUT2D eigenvalue weighted by Crippen LogP contribution is 2.30. The van der Waals surface area contributed by atoms with E-state index in [0.717, 1.165) is 19.3 Å². The molecular formula is C16H19FN2OS. The minimum atomic E-state index is -0.629. The Morgan fingerprint density at radius 3 is 2.86 bits per heavy atom. The second-order valence-electron chi connectivity index (χ2n) is 5.49. The number of hydrogen-bond acceptors (Lipinski definition) is 4. The van der Waals surface area contributed by atoms with E-state index in [1.165, 1.54) is 23.8 Å². The summed E-state index contributed by atoms with van der Waals surface area (Å²) in [6, 6.07) is 7.78. The van der Waals surface area contributed by atoms with Gasteiger partial charge in [-0.15, -0.1) is 11.3 Å². The Bertz CT molecular complexity index is 554. The van der Waals surface area contributed by atoms with Crippen molar-refractivity contribution in [3.8, 4) is 0 Å². The van der Waals surface area contributed by atoms with Gasteiger partial charge in [0.25, 0.3) is 0 Å². The molecule has 0 amide bonds. The number of pyridine rings is 1. The fourth-order valence-corrected chi connectivity index (χ4v) is 3.18. The molecule has 21 heavy (non-hydrogen) atoms. The number of aliphatic hydroxyl groups is 1. The van der Waals surface area contributed by atoms with Crippen LogP contribution in [0.4, 0.5) is 4.39 Å². The zero-order valence-electron chi connectivity index (χ0n) is 11.8. The summed E-state index contributed by atoms with van der Waals surface area (Å²) in [7, 11) is 0. The molecule has 3 nitrogen and oxygen atoms in total. The lowest BCUT2D eigenvalue weighted by molar-refractivity contribution is 0.133. The minimum Gasteiger partial charge on any atom is -0.387 e. The molecule has 1 aliphatic carbocycles. The summed E-state index contributed by atoms with van der Waals surface area (Å²) in [5, 5.41) is 12.3. The van der Waals surface area contributed by atoms with Gasteiger partial charge in [0.2, 0.25) is 0 Å². The molecule has 0 radical (unpaired) electrons. The highest BCUT2D eigenvalue weighted by molar-refractivity contribution is 7.09. The molecule has 1 atom stereocenters. The van der Waals surface area contributed by atoms with Crippen molar-refractivity contribution < 1.29 is 9.50 Å². The second-order valence-corrected chi connectivity index (χ2v) is 6.52. The summed E-state index contributed by atoms with van der Waals surface area (Å²) in [4.78, 5) is 7.74. The van der Waals surface area contributed by atoms with Crippen LogP contribution in [-0.2, 0) is 6.54 Å². The summed E-state index contributed by atoms with van der Waals surface area (Å²) >= 11 is 1.77. The average Bonchev–Trinajstić information content (AvgIpc) is 3.21. The summed E-state index contributed by atoms with van der Waals surface area (Å²) in [6.07, 6.45) is 3.64. The maximum atomic E-state index is 12.8. The van der Waals surface area contributed by atoms with Crippen molar-refractivity contribution in [1.29, 1.82) is 0 Å². The quantitative estimate of drug-likeness (QED) is 0.852. The Morgan fingerprint density at radius 2 is 2.24 bits per heavy atom. The van der Waals surface area contributed by atoms with E-state index in [0.29, 0.717) is 18.2 Å². The van der Waals surface area contributed by atoms with E-state index < -0.39 is 6.10 Å². The van der Waals surface area contributed by atoms with Gasteiger partial charge in [0.15, 0.2) is 0 Å². The van der Waals surface area contributed by atoms with Gasteiger partial charge in [0.05, 0.1) is 18.0 Å². The van der Waals surface area contributed by atoms with Gasteiger partial charge in [-0.2, -0.15) is 0 Å². The third-order valence-corrected chi connectivity index (χ3v) is 4.64. The Hall–Kier alpha value is -1.30. The molecule has 2 heterocycles. The fourth-order valence-electron chi connectivity index (χ4n) is 2.45. The van der Waals surface area contributed by atoms with Crippen LogP contribution in [0.15, 0.2) is 35.8 Å². The van der Waals surface area contributed by atoms with E-state index in [9.17, 15) is 9.50 Å². The zero-order chi connectivity index (χ0) is 14.7. The molecule has 0 saturated heterocycles. The first-order chi connectivity index (χ1) is 10.2.